The Hall–Kier alpha value is -2.08. The van der Waals surface area contributed by atoms with Gasteiger partial charge in [-0.15, -0.1) is 0 Å². The van der Waals surface area contributed by atoms with E-state index in [1.54, 1.807) is 6.20 Å². The van der Waals surface area contributed by atoms with Gasteiger partial charge in [0.1, 0.15) is 6.54 Å². The van der Waals surface area contributed by atoms with Crippen LogP contribution in [0.2, 0.25) is 0 Å². The third kappa shape index (κ3) is 1.59. The molecule has 0 amide bonds. The van der Waals surface area contributed by atoms with Gasteiger partial charge in [0, 0.05) is 29.1 Å². The van der Waals surface area contributed by atoms with Crippen LogP contribution in [0.5, 0.6) is 0 Å². The number of hydrogen-bond donors (Lipinski definition) is 0. The van der Waals surface area contributed by atoms with Crippen LogP contribution in [0.3, 0.4) is 0 Å². The zero-order valence-electron chi connectivity index (χ0n) is 9.10. The van der Waals surface area contributed by atoms with Gasteiger partial charge in [-0.3, -0.25) is 4.79 Å². The molecule has 0 saturated heterocycles. The number of hydrogen-bond acceptors (Lipinski definition) is 2. The van der Waals surface area contributed by atoms with Gasteiger partial charge in [0.25, 0.3) is 0 Å². The van der Waals surface area contributed by atoms with E-state index in [1.165, 1.54) is 0 Å². The first-order chi connectivity index (χ1) is 7.77. The van der Waals surface area contributed by atoms with Gasteiger partial charge in [0.15, 0.2) is 5.78 Å². The fourth-order valence-electron chi connectivity index (χ4n) is 1.87. The molecule has 1 aromatic carbocycles. The molecule has 0 saturated carbocycles. The van der Waals surface area contributed by atoms with Crippen LogP contribution in [0.4, 0.5) is 0 Å². The number of nitrogens with zero attached hydrogens (tertiary/aromatic N) is 2. The Labute approximate surface area is 93.9 Å². The maximum atomic E-state index is 11.7. The van der Waals surface area contributed by atoms with Crippen LogP contribution in [0.1, 0.15) is 23.7 Å². The van der Waals surface area contributed by atoms with Crippen LogP contribution in [-0.4, -0.2) is 10.4 Å². The van der Waals surface area contributed by atoms with Crippen LogP contribution < -0.4 is 0 Å². The van der Waals surface area contributed by atoms with E-state index in [0.29, 0.717) is 12.0 Å². The lowest BCUT2D eigenvalue weighted by Crippen LogP contribution is -1.95. The SMILES string of the molecule is CCC(=O)c1cn(CC#N)c2ccccc12. The second-order valence-electron chi connectivity index (χ2n) is 3.62. The first-order valence-electron chi connectivity index (χ1n) is 5.26. The predicted molar refractivity (Wildman–Crippen MR) is 62.2 cm³/mol. The molecule has 1 aromatic heterocycles. The van der Waals surface area contributed by atoms with Gasteiger partial charge in [0.2, 0.25) is 0 Å². The van der Waals surface area contributed by atoms with Crippen molar-refractivity contribution in [3.8, 4) is 6.07 Å². The fraction of sp³-hybridized carbons (Fsp3) is 0.231. The third-order valence-corrected chi connectivity index (χ3v) is 2.65. The molecule has 0 aliphatic heterocycles. The Morgan fingerprint density at radius 3 is 2.88 bits per heavy atom. The van der Waals surface area contributed by atoms with Gasteiger partial charge in [-0.1, -0.05) is 25.1 Å². The number of carbonyl (C=O) groups excluding carboxylic acids is 1. The molecule has 3 nitrogen and oxygen atoms in total. The molecule has 0 unspecified atom stereocenters. The van der Waals surface area contributed by atoms with Gasteiger partial charge in [-0.05, 0) is 6.07 Å². The Bertz CT molecular complexity index is 575. The van der Waals surface area contributed by atoms with Gasteiger partial charge in [-0.2, -0.15) is 5.26 Å². The summed E-state index contributed by atoms with van der Waals surface area (Å²) in [6.45, 7) is 2.12. The second-order valence-corrected chi connectivity index (χ2v) is 3.62. The molecule has 0 N–H and O–H groups in total. The number of fused-ring (bicyclic) bond motifs is 1. The normalized spacial score (nSPS) is 10.2. The van der Waals surface area contributed by atoms with Crippen molar-refractivity contribution in [1.82, 2.24) is 4.57 Å². The highest BCUT2D eigenvalue weighted by Gasteiger charge is 2.12. The Morgan fingerprint density at radius 2 is 2.19 bits per heavy atom. The zero-order valence-corrected chi connectivity index (χ0v) is 9.10. The van der Waals surface area contributed by atoms with Crippen LogP contribution in [0.25, 0.3) is 10.9 Å². The maximum Gasteiger partial charge on any atom is 0.164 e. The Kier molecular flexibility index (Phi) is 2.74. The molecule has 0 aliphatic carbocycles. The number of carbonyl (C=O) groups is 1. The summed E-state index contributed by atoms with van der Waals surface area (Å²) in [5.74, 6) is 0.118. The summed E-state index contributed by atoms with van der Waals surface area (Å²) in [7, 11) is 0. The number of ketones is 1. The molecular weight excluding hydrogens is 200 g/mol. The molecule has 0 aliphatic rings. The van der Waals surface area contributed by atoms with E-state index in [1.807, 2.05) is 35.8 Å². The van der Waals surface area contributed by atoms with Gasteiger partial charge in [0.05, 0.1) is 6.07 Å². The Morgan fingerprint density at radius 1 is 1.44 bits per heavy atom. The number of nitriles is 1. The van der Waals surface area contributed by atoms with Crippen molar-refractivity contribution in [2.24, 2.45) is 0 Å². The smallest absolute Gasteiger partial charge is 0.164 e. The Balaban J connectivity index is 2.67. The topological polar surface area (TPSA) is 45.8 Å². The highest BCUT2D eigenvalue weighted by atomic mass is 16.1. The number of rotatable bonds is 3. The number of para-hydroxylation sites is 1. The molecule has 2 aromatic rings. The predicted octanol–water partition coefficient (Wildman–Crippen LogP) is 2.76. The first kappa shape index (κ1) is 10.4. The minimum Gasteiger partial charge on any atom is -0.333 e. The molecule has 3 heteroatoms. The lowest BCUT2D eigenvalue weighted by molar-refractivity contribution is 0.0989. The number of benzene rings is 1. The monoisotopic (exact) mass is 212 g/mol. The van der Waals surface area contributed by atoms with Crippen LogP contribution in [0.15, 0.2) is 30.5 Å². The van der Waals surface area contributed by atoms with E-state index < -0.39 is 0 Å². The summed E-state index contributed by atoms with van der Waals surface area (Å²) < 4.78 is 1.82. The zero-order chi connectivity index (χ0) is 11.5. The van der Waals surface area contributed by atoms with E-state index in [0.717, 1.165) is 10.9 Å². The van der Waals surface area contributed by atoms with E-state index in [2.05, 4.69) is 6.07 Å². The molecule has 0 radical (unpaired) electrons. The second kappa shape index (κ2) is 4.19. The summed E-state index contributed by atoms with van der Waals surface area (Å²) in [6, 6.07) is 9.77. The van der Waals surface area contributed by atoms with E-state index in [4.69, 9.17) is 5.26 Å². The van der Waals surface area contributed by atoms with Crippen molar-refractivity contribution in [1.29, 1.82) is 5.26 Å². The van der Waals surface area contributed by atoms with Gasteiger partial charge >= 0.3 is 0 Å². The minimum atomic E-state index is 0.118. The summed E-state index contributed by atoms with van der Waals surface area (Å²) in [5.41, 5.74) is 1.66. The largest absolute Gasteiger partial charge is 0.333 e. The lowest BCUT2D eigenvalue weighted by Gasteiger charge is -1.96. The highest BCUT2D eigenvalue weighted by molar-refractivity contribution is 6.07. The van der Waals surface area contributed by atoms with E-state index >= 15 is 0 Å². The summed E-state index contributed by atoms with van der Waals surface area (Å²) in [5, 5.41) is 9.66. The molecule has 1 heterocycles. The molecule has 0 atom stereocenters. The standard InChI is InChI=1S/C13H12N2O/c1-2-13(16)11-9-15(8-7-14)12-6-4-3-5-10(11)12/h3-6,9H,2,8H2,1H3. The highest BCUT2D eigenvalue weighted by Crippen LogP contribution is 2.22. The molecule has 80 valence electrons. The van der Waals surface area contributed by atoms with Crippen LogP contribution >= 0.6 is 0 Å². The molecule has 16 heavy (non-hydrogen) atoms. The van der Waals surface area contributed by atoms with Crippen molar-refractivity contribution in [2.75, 3.05) is 0 Å². The molecule has 2 rings (SSSR count). The summed E-state index contributed by atoms with van der Waals surface area (Å²) in [4.78, 5) is 11.7. The summed E-state index contributed by atoms with van der Waals surface area (Å²) in [6.07, 6.45) is 2.26. The maximum absolute atomic E-state index is 11.7. The molecular formula is C13H12N2O. The van der Waals surface area contributed by atoms with Gasteiger partial charge in [-0.25, -0.2) is 0 Å². The quantitative estimate of drug-likeness (QED) is 0.734. The van der Waals surface area contributed by atoms with Gasteiger partial charge < -0.3 is 4.57 Å². The van der Waals surface area contributed by atoms with Crippen molar-refractivity contribution in [3.05, 3.63) is 36.0 Å². The van der Waals surface area contributed by atoms with Crippen molar-refractivity contribution >= 4 is 16.7 Å². The van der Waals surface area contributed by atoms with Crippen molar-refractivity contribution in [2.45, 2.75) is 19.9 Å². The minimum absolute atomic E-state index is 0.118. The molecule has 0 bridgehead atoms. The third-order valence-electron chi connectivity index (χ3n) is 2.65. The average Bonchev–Trinajstić information content (AvgIpc) is 2.68. The number of Topliss-reactive ketones (excluding diaryl/α,β-unsaturated/α-hetero) is 1. The molecule has 0 fully saturated rings. The van der Waals surface area contributed by atoms with Crippen molar-refractivity contribution in [3.63, 3.8) is 0 Å². The molecule has 0 spiro atoms. The average molecular weight is 212 g/mol. The summed E-state index contributed by atoms with van der Waals surface area (Å²) >= 11 is 0. The fourth-order valence-corrected chi connectivity index (χ4v) is 1.87. The van der Waals surface area contributed by atoms with E-state index in [-0.39, 0.29) is 12.3 Å². The van der Waals surface area contributed by atoms with Crippen LogP contribution in [-0.2, 0) is 6.54 Å². The van der Waals surface area contributed by atoms with Crippen LogP contribution in [0, 0.1) is 11.3 Å². The van der Waals surface area contributed by atoms with E-state index in [9.17, 15) is 4.79 Å². The lowest BCUT2D eigenvalue weighted by atomic mass is 10.1. The number of aromatic nitrogens is 1. The van der Waals surface area contributed by atoms with Crippen molar-refractivity contribution < 1.29 is 4.79 Å². The first-order valence-corrected chi connectivity index (χ1v) is 5.26.